The van der Waals surface area contributed by atoms with Crippen molar-refractivity contribution < 1.29 is 17.9 Å². The molecular formula is C15H21F3O. The van der Waals surface area contributed by atoms with Crippen molar-refractivity contribution in [1.82, 2.24) is 0 Å². The molecule has 0 aliphatic heterocycles. The zero-order chi connectivity index (χ0) is 14.6. The van der Waals surface area contributed by atoms with Crippen LogP contribution >= 0.6 is 0 Å². The summed E-state index contributed by atoms with van der Waals surface area (Å²) in [6.07, 6.45) is -1.82. The van der Waals surface area contributed by atoms with Gasteiger partial charge in [0.2, 0.25) is 0 Å². The highest BCUT2D eigenvalue weighted by atomic mass is 19.4. The summed E-state index contributed by atoms with van der Waals surface area (Å²) in [6.45, 7) is 5.86. The van der Waals surface area contributed by atoms with Gasteiger partial charge >= 0.3 is 6.18 Å². The summed E-state index contributed by atoms with van der Waals surface area (Å²) < 4.78 is 43.6. The van der Waals surface area contributed by atoms with Gasteiger partial charge in [0, 0.05) is 0 Å². The van der Waals surface area contributed by atoms with Crippen LogP contribution in [0.1, 0.15) is 43.4 Å². The molecule has 0 aliphatic rings. The third-order valence-electron chi connectivity index (χ3n) is 3.11. The minimum absolute atomic E-state index is 0.539. The lowest BCUT2D eigenvalue weighted by Crippen LogP contribution is -2.08. The van der Waals surface area contributed by atoms with Crippen molar-refractivity contribution >= 4 is 0 Å². The van der Waals surface area contributed by atoms with Gasteiger partial charge < -0.3 is 4.74 Å². The van der Waals surface area contributed by atoms with Crippen molar-refractivity contribution in [2.75, 3.05) is 7.11 Å². The van der Waals surface area contributed by atoms with Crippen LogP contribution in [-0.4, -0.2) is 7.11 Å². The van der Waals surface area contributed by atoms with Gasteiger partial charge in [0.1, 0.15) is 5.75 Å². The van der Waals surface area contributed by atoms with Crippen LogP contribution in [0, 0.1) is 12.8 Å². The van der Waals surface area contributed by atoms with E-state index in [0.717, 1.165) is 18.9 Å². The van der Waals surface area contributed by atoms with Crippen molar-refractivity contribution in [2.24, 2.45) is 5.92 Å². The first-order valence-electron chi connectivity index (χ1n) is 6.50. The van der Waals surface area contributed by atoms with E-state index in [9.17, 15) is 13.2 Å². The Balaban J connectivity index is 3.02. The second-order valence-electron chi connectivity index (χ2n) is 5.27. The molecule has 0 fully saturated rings. The number of hydrogen-bond donors (Lipinski definition) is 0. The van der Waals surface area contributed by atoms with Crippen LogP contribution in [-0.2, 0) is 12.6 Å². The average molecular weight is 274 g/mol. The first kappa shape index (κ1) is 15.9. The predicted octanol–water partition coefficient (Wildman–Crippen LogP) is 5.00. The van der Waals surface area contributed by atoms with E-state index >= 15 is 0 Å². The largest absolute Gasteiger partial charge is 0.496 e. The van der Waals surface area contributed by atoms with E-state index in [4.69, 9.17) is 4.74 Å². The Hall–Kier alpha value is -1.19. The van der Waals surface area contributed by atoms with Gasteiger partial charge in [-0.15, -0.1) is 0 Å². The number of alkyl halides is 3. The smallest absolute Gasteiger partial charge is 0.416 e. The van der Waals surface area contributed by atoms with E-state index in [1.54, 1.807) is 6.92 Å². The molecule has 0 unspecified atom stereocenters. The van der Waals surface area contributed by atoms with Crippen molar-refractivity contribution in [3.63, 3.8) is 0 Å². The second-order valence-corrected chi connectivity index (χ2v) is 5.27. The van der Waals surface area contributed by atoms with E-state index in [-0.39, 0.29) is 0 Å². The van der Waals surface area contributed by atoms with Crippen LogP contribution in [0.4, 0.5) is 13.2 Å². The maximum Gasteiger partial charge on any atom is 0.416 e. The molecule has 108 valence electrons. The Labute approximate surface area is 112 Å². The third kappa shape index (κ3) is 4.44. The lowest BCUT2D eigenvalue weighted by molar-refractivity contribution is -0.137. The number of rotatable bonds is 5. The van der Waals surface area contributed by atoms with Gasteiger partial charge in [0.25, 0.3) is 0 Å². The summed E-state index contributed by atoms with van der Waals surface area (Å²) >= 11 is 0. The van der Waals surface area contributed by atoms with Gasteiger partial charge in [-0.05, 0) is 48.9 Å². The molecule has 0 heterocycles. The summed E-state index contributed by atoms with van der Waals surface area (Å²) in [4.78, 5) is 0. The molecule has 0 bridgehead atoms. The SMILES string of the molecule is COc1c(C)cc(C(F)(F)F)cc1CCCC(C)C. The first-order chi connectivity index (χ1) is 8.75. The van der Waals surface area contributed by atoms with Crippen LogP contribution in [0.3, 0.4) is 0 Å². The lowest BCUT2D eigenvalue weighted by Gasteiger charge is -2.16. The maximum atomic E-state index is 12.8. The van der Waals surface area contributed by atoms with Crippen molar-refractivity contribution in [2.45, 2.75) is 46.2 Å². The highest BCUT2D eigenvalue weighted by Gasteiger charge is 2.31. The van der Waals surface area contributed by atoms with Gasteiger partial charge in [-0.25, -0.2) is 0 Å². The molecule has 0 saturated carbocycles. The first-order valence-corrected chi connectivity index (χ1v) is 6.50. The molecule has 1 nitrogen and oxygen atoms in total. The summed E-state index contributed by atoms with van der Waals surface area (Å²) in [5, 5.41) is 0. The second kappa shape index (κ2) is 6.31. The van der Waals surface area contributed by atoms with E-state index in [1.807, 2.05) is 0 Å². The molecule has 1 aromatic carbocycles. The minimum Gasteiger partial charge on any atom is -0.496 e. The Bertz CT molecular complexity index is 422. The number of benzene rings is 1. The van der Waals surface area contributed by atoms with Gasteiger partial charge in [0.05, 0.1) is 12.7 Å². The molecule has 0 aliphatic carbocycles. The fourth-order valence-corrected chi connectivity index (χ4v) is 2.19. The Kier molecular flexibility index (Phi) is 5.27. The molecule has 1 aromatic rings. The van der Waals surface area contributed by atoms with E-state index < -0.39 is 11.7 Å². The molecule has 0 N–H and O–H groups in total. The highest BCUT2D eigenvalue weighted by molar-refractivity contribution is 5.45. The molecule has 0 saturated heterocycles. The molecule has 0 spiro atoms. The number of hydrogen-bond acceptors (Lipinski definition) is 1. The molecule has 0 atom stereocenters. The fourth-order valence-electron chi connectivity index (χ4n) is 2.19. The maximum absolute atomic E-state index is 12.8. The minimum atomic E-state index is -4.30. The van der Waals surface area contributed by atoms with Crippen molar-refractivity contribution in [3.8, 4) is 5.75 Å². The van der Waals surface area contributed by atoms with Crippen molar-refractivity contribution in [3.05, 3.63) is 28.8 Å². The summed E-state index contributed by atoms with van der Waals surface area (Å²) in [7, 11) is 1.50. The van der Waals surface area contributed by atoms with Gasteiger partial charge in [-0.2, -0.15) is 13.2 Å². The van der Waals surface area contributed by atoms with Crippen LogP contribution in [0.15, 0.2) is 12.1 Å². The molecule has 1 rings (SSSR count). The zero-order valence-corrected chi connectivity index (χ0v) is 11.9. The van der Waals surface area contributed by atoms with Crippen molar-refractivity contribution in [1.29, 1.82) is 0 Å². The third-order valence-corrected chi connectivity index (χ3v) is 3.11. The standard InChI is InChI=1S/C15H21F3O/c1-10(2)6-5-7-12-9-13(15(16,17)18)8-11(3)14(12)19-4/h8-10H,5-7H2,1-4H3. The summed E-state index contributed by atoms with van der Waals surface area (Å²) in [5.41, 5.74) is 0.595. The quantitative estimate of drug-likeness (QED) is 0.734. The Morgan fingerprint density at radius 2 is 1.84 bits per heavy atom. The van der Waals surface area contributed by atoms with Gasteiger partial charge in [-0.3, -0.25) is 0 Å². The number of aryl methyl sites for hydroxylation is 2. The van der Waals surface area contributed by atoms with E-state index in [1.165, 1.54) is 13.2 Å². The zero-order valence-electron chi connectivity index (χ0n) is 11.9. The topological polar surface area (TPSA) is 9.23 Å². The fraction of sp³-hybridized carbons (Fsp3) is 0.600. The summed E-state index contributed by atoms with van der Waals surface area (Å²) in [6, 6.07) is 2.36. The molecule has 0 amide bonds. The van der Waals surface area contributed by atoms with Crippen LogP contribution in [0.5, 0.6) is 5.75 Å². The average Bonchev–Trinajstić information content (AvgIpc) is 2.26. The van der Waals surface area contributed by atoms with Crippen LogP contribution in [0.2, 0.25) is 0 Å². The Morgan fingerprint density at radius 1 is 1.21 bits per heavy atom. The molecule has 0 aromatic heterocycles. The van der Waals surface area contributed by atoms with Gasteiger partial charge in [-0.1, -0.05) is 20.3 Å². The molecule has 19 heavy (non-hydrogen) atoms. The molecular weight excluding hydrogens is 253 g/mol. The van der Waals surface area contributed by atoms with E-state index in [0.29, 0.717) is 29.2 Å². The lowest BCUT2D eigenvalue weighted by atomic mass is 9.98. The molecule has 4 heteroatoms. The van der Waals surface area contributed by atoms with Crippen LogP contribution < -0.4 is 4.74 Å². The van der Waals surface area contributed by atoms with E-state index in [2.05, 4.69) is 13.8 Å². The monoisotopic (exact) mass is 274 g/mol. The number of methoxy groups -OCH3 is 1. The Morgan fingerprint density at radius 3 is 2.32 bits per heavy atom. The number of ether oxygens (including phenoxy) is 1. The number of halogens is 3. The van der Waals surface area contributed by atoms with Crippen LogP contribution in [0.25, 0.3) is 0 Å². The molecule has 0 radical (unpaired) electrons. The predicted molar refractivity (Wildman–Crippen MR) is 70.5 cm³/mol. The van der Waals surface area contributed by atoms with Gasteiger partial charge in [0.15, 0.2) is 0 Å². The highest BCUT2D eigenvalue weighted by Crippen LogP contribution is 2.35. The summed E-state index contributed by atoms with van der Waals surface area (Å²) in [5.74, 6) is 1.13. The normalized spacial score (nSPS) is 12.0.